The quantitative estimate of drug-likeness (QED) is 0.820. The summed E-state index contributed by atoms with van der Waals surface area (Å²) in [4.78, 5) is 1.70. The van der Waals surface area contributed by atoms with Crippen LogP contribution >= 0.6 is 0 Å². The molecule has 1 aliphatic heterocycles. The zero-order valence-electron chi connectivity index (χ0n) is 9.64. The lowest BCUT2D eigenvalue weighted by Crippen LogP contribution is -2.25. The van der Waals surface area contributed by atoms with Gasteiger partial charge in [-0.15, -0.1) is 0 Å². The fourth-order valence-electron chi connectivity index (χ4n) is 2.28. The van der Waals surface area contributed by atoms with Gasteiger partial charge in [0.15, 0.2) is 11.6 Å². The van der Waals surface area contributed by atoms with Gasteiger partial charge in [-0.2, -0.15) is 0 Å². The highest BCUT2D eigenvalue weighted by Gasteiger charge is 2.25. The fraction of sp³-hybridized carbons (Fsp3) is 0.500. The van der Waals surface area contributed by atoms with E-state index < -0.39 is 17.5 Å². The molecule has 0 spiro atoms. The van der Waals surface area contributed by atoms with Crippen LogP contribution in [0.15, 0.2) is 12.1 Å². The number of rotatable bonds is 3. The van der Waals surface area contributed by atoms with Gasteiger partial charge in [-0.05, 0) is 25.9 Å². The van der Waals surface area contributed by atoms with Gasteiger partial charge in [0.25, 0.3) is 0 Å². The second kappa shape index (κ2) is 4.96. The number of anilines is 1. The van der Waals surface area contributed by atoms with E-state index in [0.29, 0.717) is 25.1 Å². The van der Waals surface area contributed by atoms with Crippen LogP contribution in [0.5, 0.6) is 0 Å². The largest absolute Gasteiger partial charge is 0.369 e. The first-order valence-electron chi connectivity index (χ1n) is 5.66. The molecule has 1 aromatic rings. The summed E-state index contributed by atoms with van der Waals surface area (Å²) in [6.07, 6.45) is 0.901. The van der Waals surface area contributed by atoms with Crippen LogP contribution in [0, 0.1) is 23.4 Å². The van der Waals surface area contributed by atoms with Crippen molar-refractivity contribution in [3.63, 3.8) is 0 Å². The van der Waals surface area contributed by atoms with Gasteiger partial charge in [-0.25, -0.2) is 13.2 Å². The number of halogens is 3. The molecule has 0 aromatic heterocycles. The molecule has 0 saturated carbocycles. The van der Waals surface area contributed by atoms with Gasteiger partial charge in [-0.3, -0.25) is 0 Å². The van der Waals surface area contributed by atoms with Crippen LogP contribution in [-0.4, -0.2) is 26.7 Å². The van der Waals surface area contributed by atoms with Gasteiger partial charge in [0.05, 0.1) is 5.69 Å². The summed E-state index contributed by atoms with van der Waals surface area (Å²) in [5, 5.41) is 3.05. The van der Waals surface area contributed by atoms with Gasteiger partial charge < -0.3 is 10.2 Å². The average molecular weight is 244 g/mol. The Morgan fingerprint density at radius 1 is 1.35 bits per heavy atom. The Balaban J connectivity index is 2.18. The van der Waals surface area contributed by atoms with Crippen molar-refractivity contribution in [1.82, 2.24) is 5.32 Å². The monoisotopic (exact) mass is 244 g/mol. The van der Waals surface area contributed by atoms with E-state index in [2.05, 4.69) is 5.32 Å². The molecular weight excluding hydrogens is 229 g/mol. The van der Waals surface area contributed by atoms with Crippen LogP contribution in [-0.2, 0) is 0 Å². The van der Waals surface area contributed by atoms with Crippen molar-refractivity contribution in [2.75, 3.05) is 31.6 Å². The lowest BCUT2D eigenvalue weighted by molar-refractivity contribution is 0.493. The predicted octanol–water partition coefficient (Wildman–Crippen LogP) is 2.15. The van der Waals surface area contributed by atoms with Crippen molar-refractivity contribution < 1.29 is 13.2 Å². The highest BCUT2D eigenvalue weighted by Crippen LogP contribution is 2.28. The summed E-state index contributed by atoms with van der Waals surface area (Å²) < 4.78 is 39.7. The second-order valence-corrected chi connectivity index (χ2v) is 4.38. The van der Waals surface area contributed by atoms with Crippen molar-refractivity contribution in [2.24, 2.45) is 5.92 Å². The van der Waals surface area contributed by atoms with E-state index in [4.69, 9.17) is 0 Å². The van der Waals surface area contributed by atoms with Crippen LogP contribution in [0.1, 0.15) is 6.42 Å². The molecule has 94 valence electrons. The maximum Gasteiger partial charge on any atom is 0.182 e. The molecule has 2 nitrogen and oxygen atoms in total. The molecule has 0 aliphatic carbocycles. The Labute approximate surface area is 98.4 Å². The zero-order chi connectivity index (χ0) is 12.4. The third-order valence-electron chi connectivity index (χ3n) is 3.09. The summed E-state index contributed by atoms with van der Waals surface area (Å²) in [6, 6.07) is 1.63. The number of benzene rings is 1. The Morgan fingerprint density at radius 3 is 2.82 bits per heavy atom. The first-order chi connectivity index (χ1) is 8.11. The highest BCUT2D eigenvalue weighted by atomic mass is 19.2. The molecular formula is C12H15F3N2. The summed E-state index contributed by atoms with van der Waals surface area (Å²) in [7, 11) is 1.85. The van der Waals surface area contributed by atoms with E-state index in [1.807, 2.05) is 7.05 Å². The molecule has 1 aromatic carbocycles. The highest BCUT2D eigenvalue weighted by molar-refractivity contribution is 5.49. The molecule has 1 saturated heterocycles. The predicted molar refractivity (Wildman–Crippen MR) is 60.6 cm³/mol. The molecule has 0 bridgehead atoms. The minimum Gasteiger partial charge on any atom is -0.369 e. The molecule has 17 heavy (non-hydrogen) atoms. The van der Waals surface area contributed by atoms with E-state index in [-0.39, 0.29) is 5.69 Å². The van der Waals surface area contributed by atoms with E-state index >= 15 is 0 Å². The van der Waals surface area contributed by atoms with Crippen molar-refractivity contribution in [3.05, 3.63) is 29.6 Å². The third kappa shape index (κ3) is 2.54. The molecule has 1 N–H and O–H groups in total. The number of nitrogens with zero attached hydrogens (tertiary/aromatic N) is 1. The number of hydrogen-bond donors (Lipinski definition) is 1. The van der Waals surface area contributed by atoms with E-state index in [1.165, 1.54) is 0 Å². The van der Waals surface area contributed by atoms with Crippen LogP contribution < -0.4 is 10.2 Å². The zero-order valence-corrected chi connectivity index (χ0v) is 9.64. The summed E-state index contributed by atoms with van der Waals surface area (Å²) in [5.74, 6) is -2.43. The van der Waals surface area contributed by atoms with Gasteiger partial charge >= 0.3 is 0 Å². The third-order valence-corrected chi connectivity index (χ3v) is 3.09. The smallest absolute Gasteiger partial charge is 0.182 e. The molecule has 1 atom stereocenters. The lowest BCUT2D eigenvalue weighted by Gasteiger charge is -2.19. The van der Waals surface area contributed by atoms with Crippen LogP contribution in [0.3, 0.4) is 0 Å². The minimum atomic E-state index is -1.13. The Bertz CT molecular complexity index is 409. The van der Waals surface area contributed by atoms with Crippen molar-refractivity contribution in [2.45, 2.75) is 6.42 Å². The Morgan fingerprint density at radius 2 is 2.12 bits per heavy atom. The second-order valence-electron chi connectivity index (χ2n) is 4.38. The first-order valence-corrected chi connectivity index (χ1v) is 5.66. The Kier molecular flexibility index (Phi) is 3.57. The van der Waals surface area contributed by atoms with Crippen LogP contribution in [0.2, 0.25) is 0 Å². The first kappa shape index (κ1) is 12.2. The standard InChI is InChI=1S/C12H15F3N2/c1-16-6-8-2-3-17(7-8)11-5-9(13)4-10(14)12(11)15/h4-5,8,16H,2-3,6-7H2,1H3. The van der Waals surface area contributed by atoms with E-state index in [0.717, 1.165) is 19.0 Å². The lowest BCUT2D eigenvalue weighted by atomic mass is 10.1. The average Bonchev–Trinajstić information content (AvgIpc) is 2.72. The van der Waals surface area contributed by atoms with Gasteiger partial charge in [0, 0.05) is 25.2 Å². The SMILES string of the molecule is CNCC1CCN(c2cc(F)cc(F)c2F)C1. The maximum atomic E-state index is 13.5. The van der Waals surface area contributed by atoms with Crippen molar-refractivity contribution >= 4 is 5.69 Å². The van der Waals surface area contributed by atoms with E-state index in [1.54, 1.807) is 4.90 Å². The normalized spacial score (nSPS) is 20.0. The van der Waals surface area contributed by atoms with Crippen LogP contribution in [0.25, 0.3) is 0 Å². The molecule has 5 heteroatoms. The van der Waals surface area contributed by atoms with Crippen molar-refractivity contribution in [3.8, 4) is 0 Å². The molecule has 1 heterocycles. The Hall–Kier alpha value is -1.23. The van der Waals surface area contributed by atoms with E-state index in [9.17, 15) is 13.2 Å². The number of hydrogen-bond acceptors (Lipinski definition) is 2. The minimum absolute atomic E-state index is 0.0288. The molecule has 1 fully saturated rings. The fourth-order valence-corrected chi connectivity index (χ4v) is 2.28. The summed E-state index contributed by atoms with van der Waals surface area (Å²) in [5.41, 5.74) is 0.0288. The summed E-state index contributed by atoms with van der Waals surface area (Å²) in [6.45, 7) is 2.09. The molecule has 0 amide bonds. The van der Waals surface area contributed by atoms with Crippen LogP contribution in [0.4, 0.5) is 18.9 Å². The van der Waals surface area contributed by atoms with Crippen molar-refractivity contribution in [1.29, 1.82) is 0 Å². The van der Waals surface area contributed by atoms with Gasteiger partial charge in [0.1, 0.15) is 5.82 Å². The maximum absolute atomic E-state index is 13.5. The number of nitrogens with one attached hydrogen (secondary N) is 1. The molecule has 2 rings (SSSR count). The summed E-state index contributed by atoms with van der Waals surface area (Å²) >= 11 is 0. The topological polar surface area (TPSA) is 15.3 Å². The van der Waals surface area contributed by atoms with Gasteiger partial charge in [0.2, 0.25) is 0 Å². The molecule has 1 aliphatic rings. The molecule has 0 radical (unpaired) electrons. The molecule has 1 unspecified atom stereocenters. The van der Waals surface area contributed by atoms with Gasteiger partial charge in [-0.1, -0.05) is 0 Å².